The molecule has 0 radical (unpaired) electrons. The molecule has 9 heteroatoms. The average Bonchev–Trinajstić information content (AvgIpc) is 3.31. The minimum atomic E-state index is 0.0373. The maximum Gasteiger partial charge on any atom is 0.224 e. The Morgan fingerprint density at radius 2 is 2.24 bits per heavy atom. The number of H-pyrrole nitrogens is 1. The van der Waals surface area contributed by atoms with Crippen LogP contribution in [0.25, 0.3) is 5.82 Å². The summed E-state index contributed by atoms with van der Waals surface area (Å²) in [4.78, 5) is 17.4. The zero-order valence-electron chi connectivity index (χ0n) is 16.3. The number of anilines is 1. The molecular formula is C20H23N7OS. The van der Waals surface area contributed by atoms with Crippen LogP contribution in [0.15, 0.2) is 53.8 Å². The molecule has 0 bridgehead atoms. The normalized spacial score (nSPS) is 13.0. The first-order chi connectivity index (χ1) is 14.1. The van der Waals surface area contributed by atoms with Crippen LogP contribution in [-0.4, -0.2) is 36.5 Å². The number of nitrogens with one attached hydrogen (secondary N) is 3. The van der Waals surface area contributed by atoms with Crippen molar-refractivity contribution in [2.75, 3.05) is 11.9 Å². The molecule has 3 heterocycles. The minimum absolute atomic E-state index is 0.0373. The van der Waals surface area contributed by atoms with Gasteiger partial charge in [0.1, 0.15) is 11.6 Å². The molecule has 150 valence electrons. The van der Waals surface area contributed by atoms with Crippen molar-refractivity contribution in [2.45, 2.75) is 31.7 Å². The van der Waals surface area contributed by atoms with E-state index in [9.17, 15) is 4.79 Å². The maximum absolute atomic E-state index is 11.9. The van der Waals surface area contributed by atoms with E-state index in [2.05, 4.69) is 36.2 Å². The summed E-state index contributed by atoms with van der Waals surface area (Å²) in [6.45, 7) is 5.20. The summed E-state index contributed by atoms with van der Waals surface area (Å²) >= 11 is 1.61. The molecule has 0 aliphatic carbocycles. The molecule has 1 aromatic carbocycles. The number of aryl methyl sites for hydroxylation is 1. The van der Waals surface area contributed by atoms with Gasteiger partial charge >= 0.3 is 0 Å². The van der Waals surface area contributed by atoms with Crippen LogP contribution in [0.5, 0.6) is 0 Å². The van der Waals surface area contributed by atoms with E-state index in [1.807, 2.05) is 55.1 Å². The number of carbonyl (C=O) groups is 1. The number of hydrogen-bond donors (Lipinski definition) is 3. The average molecular weight is 410 g/mol. The van der Waals surface area contributed by atoms with Crippen molar-refractivity contribution in [1.82, 2.24) is 29.4 Å². The van der Waals surface area contributed by atoms with E-state index in [0.717, 1.165) is 33.6 Å². The van der Waals surface area contributed by atoms with Crippen LogP contribution >= 0.6 is 11.9 Å². The summed E-state index contributed by atoms with van der Waals surface area (Å²) < 4.78 is 4.14. The third-order valence-electron chi connectivity index (χ3n) is 4.36. The summed E-state index contributed by atoms with van der Waals surface area (Å²) in [7, 11) is 0. The number of rotatable bonds is 7. The number of amides is 1. The van der Waals surface area contributed by atoms with Gasteiger partial charge in [0.05, 0.1) is 19.2 Å². The van der Waals surface area contributed by atoms with Crippen LogP contribution in [0.2, 0.25) is 0 Å². The van der Waals surface area contributed by atoms with Crippen LogP contribution < -0.4 is 10.6 Å². The lowest BCUT2D eigenvalue weighted by atomic mass is 10.1. The molecule has 8 nitrogen and oxygen atoms in total. The van der Waals surface area contributed by atoms with Crippen LogP contribution in [0.1, 0.15) is 24.0 Å². The minimum Gasteiger partial charge on any atom is -0.356 e. The van der Waals surface area contributed by atoms with E-state index >= 15 is 0 Å². The van der Waals surface area contributed by atoms with Crippen LogP contribution in [0.4, 0.5) is 5.82 Å². The molecule has 0 atom stereocenters. The monoisotopic (exact) mass is 409 g/mol. The highest BCUT2D eigenvalue weighted by atomic mass is 32.2. The standard InChI is InChI=1S/C20H23N7OS/c1-3-21-20(28)11-15-5-4-6-16(10-15)29-26-12-18-22-7-8-27(18)19(13-26)23-17-9-14(2)24-25-17/h4-10,13H,3,11-12H2,1-2H3,(H,21,28)(H2,23,24,25). The number of imidazole rings is 1. The first kappa shape index (κ1) is 19.1. The Morgan fingerprint density at radius 1 is 1.34 bits per heavy atom. The maximum atomic E-state index is 11.9. The molecule has 0 unspecified atom stereocenters. The van der Waals surface area contributed by atoms with Gasteiger partial charge in [-0.2, -0.15) is 5.10 Å². The lowest BCUT2D eigenvalue weighted by Crippen LogP contribution is -2.24. The SMILES string of the molecule is CCNC(=O)Cc1cccc(SN2C=C(Nc3cc(C)[nH]n3)n3ccnc3C2)c1. The van der Waals surface area contributed by atoms with Crippen LogP contribution in [0, 0.1) is 6.92 Å². The Balaban J connectivity index is 1.51. The first-order valence-corrected chi connectivity index (χ1v) is 10.2. The molecule has 2 aromatic heterocycles. The Morgan fingerprint density at radius 3 is 3.03 bits per heavy atom. The van der Waals surface area contributed by atoms with E-state index in [0.29, 0.717) is 19.5 Å². The van der Waals surface area contributed by atoms with E-state index in [1.54, 1.807) is 18.1 Å². The number of benzene rings is 1. The molecule has 3 N–H and O–H groups in total. The molecule has 1 aliphatic rings. The van der Waals surface area contributed by atoms with Crippen molar-refractivity contribution in [3.05, 3.63) is 66.0 Å². The van der Waals surface area contributed by atoms with Crippen molar-refractivity contribution < 1.29 is 4.79 Å². The Bertz CT molecular complexity index is 1040. The fraction of sp³-hybridized carbons (Fsp3) is 0.250. The van der Waals surface area contributed by atoms with Gasteiger partial charge in [0.15, 0.2) is 5.82 Å². The second-order valence-electron chi connectivity index (χ2n) is 6.73. The van der Waals surface area contributed by atoms with Crippen molar-refractivity contribution in [1.29, 1.82) is 0 Å². The van der Waals surface area contributed by atoms with Gasteiger partial charge in [0, 0.05) is 35.6 Å². The summed E-state index contributed by atoms with van der Waals surface area (Å²) in [5.74, 6) is 2.61. The highest BCUT2D eigenvalue weighted by Crippen LogP contribution is 2.30. The molecule has 1 aliphatic heterocycles. The molecular weight excluding hydrogens is 386 g/mol. The summed E-state index contributed by atoms with van der Waals surface area (Å²) in [6.07, 6.45) is 6.15. The molecule has 0 spiro atoms. The number of aromatic nitrogens is 4. The zero-order valence-corrected chi connectivity index (χ0v) is 17.2. The van der Waals surface area contributed by atoms with Gasteiger partial charge < -0.3 is 14.9 Å². The highest BCUT2D eigenvalue weighted by Gasteiger charge is 2.19. The van der Waals surface area contributed by atoms with E-state index in [4.69, 9.17) is 0 Å². The molecule has 4 rings (SSSR count). The van der Waals surface area contributed by atoms with E-state index in [1.165, 1.54) is 0 Å². The fourth-order valence-corrected chi connectivity index (χ4v) is 4.06. The van der Waals surface area contributed by atoms with Gasteiger partial charge in [0.2, 0.25) is 5.91 Å². The molecule has 0 saturated heterocycles. The molecule has 1 amide bonds. The Labute approximate surface area is 173 Å². The molecule has 0 fully saturated rings. The second-order valence-corrected chi connectivity index (χ2v) is 7.86. The zero-order chi connectivity index (χ0) is 20.2. The van der Waals surface area contributed by atoms with Gasteiger partial charge in [-0.1, -0.05) is 12.1 Å². The number of likely N-dealkylation sites (N-methyl/N-ethyl adjacent to an activating group) is 1. The molecule has 29 heavy (non-hydrogen) atoms. The second kappa shape index (κ2) is 8.44. The lowest BCUT2D eigenvalue weighted by molar-refractivity contribution is -0.120. The van der Waals surface area contributed by atoms with Gasteiger partial charge in [-0.25, -0.2) is 4.98 Å². The van der Waals surface area contributed by atoms with Crippen molar-refractivity contribution in [3.8, 4) is 0 Å². The van der Waals surface area contributed by atoms with Crippen molar-refractivity contribution in [3.63, 3.8) is 0 Å². The lowest BCUT2D eigenvalue weighted by Gasteiger charge is -2.26. The predicted octanol–water partition coefficient (Wildman–Crippen LogP) is 2.98. The quantitative estimate of drug-likeness (QED) is 0.520. The summed E-state index contributed by atoms with van der Waals surface area (Å²) in [5.41, 5.74) is 1.98. The smallest absolute Gasteiger partial charge is 0.224 e. The molecule has 3 aromatic rings. The van der Waals surface area contributed by atoms with E-state index in [-0.39, 0.29) is 5.91 Å². The van der Waals surface area contributed by atoms with E-state index < -0.39 is 0 Å². The van der Waals surface area contributed by atoms with Crippen molar-refractivity contribution in [2.24, 2.45) is 0 Å². The van der Waals surface area contributed by atoms with Crippen molar-refractivity contribution >= 4 is 29.5 Å². The Hall–Kier alpha value is -3.20. The van der Waals surface area contributed by atoms with Gasteiger partial charge in [-0.05, 0) is 43.5 Å². The van der Waals surface area contributed by atoms with Crippen LogP contribution in [-0.2, 0) is 17.8 Å². The van der Waals surface area contributed by atoms with Gasteiger partial charge in [0.25, 0.3) is 0 Å². The number of nitrogens with zero attached hydrogens (tertiary/aromatic N) is 4. The first-order valence-electron chi connectivity index (χ1n) is 9.44. The summed E-state index contributed by atoms with van der Waals surface area (Å²) in [5, 5.41) is 13.4. The summed E-state index contributed by atoms with van der Waals surface area (Å²) in [6, 6.07) is 10.0. The highest BCUT2D eigenvalue weighted by molar-refractivity contribution is 7.97. The third kappa shape index (κ3) is 4.62. The van der Waals surface area contributed by atoms with Gasteiger partial charge in [-0.15, -0.1) is 0 Å². The molecule has 0 saturated carbocycles. The van der Waals surface area contributed by atoms with Gasteiger partial charge in [-0.3, -0.25) is 14.5 Å². The number of fused-ring (bicyclic) bond motifs is 1. The Kier molecular flexibility index (Phi) is 5.57. The third-order valence-corrected chi connectivity index (χ3v) is 5.30. The number of carbonyl (C=O) groups excluding carboxylic acids is 1. The number of hydrogen-bond acceptors (Lipinski definition) is 6. The predicted molar refractivity (Wildman–Crippen MR) is 114 cm³/mol. The fourth-order valence-electron chi connectivity index (χ4n) is 3.11. The topological polar surface area (TPSA) is 90.9 Å². The number of aromatic amines is 1. The van der Waals surface area contributed by atoms with Crippen LogP contribution in [0.3, 0.4) is 0 Å². The largest absolute Gasteiger partial charge is 0.356 e.